The smallest absolute Gasteiger partial charge is 0.251 e. The highest BCUT2D eigenvalue weighted by atomic mass is 16.2. The van der Waals surface area contributed by atoms with Gasteiger partial charge in [-0.15, -0.1) is 0 Å². The van der Waals surface area contributed by atoms with Crippen molar-refractivity contribution in [1.82, 2.24) is 14.7 Å². The first-order valence-corrected chi connectivity index (χ1v) is 8.32. The summed E-state index contributed by atoms with van der Waals surface area (Å²) in [6.45, 7) is 1.12. The van der Waals surface area contributed by atoms with Crippen LogP contribution in [0.5, 0.6) is 0 Å². The Bertz CT molecular complexity index is 897. The molecule has 1 N–H and O–H groups in total. The van der Waals surface area contributed by atoms with Gasteiger partial charge >= 0.3 is 0 Å². The molecule has 126 valence electrons. The molecule has 1 aliphatic heterocycles. The predicted octanol–water partition coefficient (Wildman–Crippen LogP) is 2.39. The summed E-state index contributed by atoms with van der Waals surface area (Å²) < 4.78 is 1.92. The van der Waals surface area contributed by atoms with Gasteiger partial charge in [0.15, 0.2) is 0 Å². The van der Waals surface area contributed by atoms with Crippen LogP contribution in [0.25, 0.3) is 5.65 Å². The Balaban J connectivity index is 1.41. The zero-order valence-corrected chi connectivity index (χ0v) is 13.7. The van der Waals surface area contributed by atoms with Crippen LogP contribution in [0, 0.1) is 0 Å². The number of benzene rings is 1. The highest BCUT2D eigenvalue weighted by molar-refractivity contribution is 5.97. The normalized spacial score (nSPS) is 14.2. The first kappa shape index (κ1) is 15.4. The molecule has 2 aromatic heterocycles. The summed E-state index contributed by atoms with van der Waals surface area (Å²) in [4.78, 5) is 30.3. The minimum absolute atomic E-state index is 0.143. The van der Waals surface area contributed by atoms with Crippen LogP contribution in [-0.2, 0) is 11.3 Å². The molecule has 3 heterocycles. The van der Waals surface area contributed by atoms with Gasteiger partial charge in [0, 0.05) is 36.6 Å². The second-order valence-corrected chi connectivity index (χ2v) is 6.08. The fraction of sp³-hybridized carbons (Fsp3) is 0.211. The van der Waals surface area contributed by atoms with Crippen LogP contribution in [0.15, 0.2) is 54.9 Å². The number of hydrogen-bond donors (Lipinski definition) is 1. The summed E-state index contributed by atoms with van der Waals surface area (Å²) in [6, 6.07) is 12.9. The second-order valence-electron chi connectivity index (χ2n) is 6.08. The van der Waals surface area contributed by atoms with Gasteiger partial charge in [-0.2, -0.15) is 0 Å². The van der Waals surface area contributed by atoms with Crippen LogP contribution < -0.4 is 10.2 Å². The predicted molar refractivity (Wildman–Crippen MR) is 94.4 cm³/mol. The van der Waals surface area contributed by atoms with Gasteiger partial charge in [0.05, 0.1) is 12.2 Å². The van der Waals surface area contributed by atoms with E-state index in [1.54, 1.807) is 17.0 Å². The molecule has 1 aromatic carbocycles. The molecule has 3 aromatic rings. The summed E-state index contributed by atoms with van der Waals surface area (Å²) in [5.74, 6) is -0.0135. The topological polar surface area (TPSA) is 66.7 Å². The average molecular weight is 334 g/mol. The highest BCUT2D eigenvalue weighted by Crippen LogP contribution is 2.21. The maximum Gasteiger partial charge on any atom is 0.251 e. The number of amides is 2. The first-order valence-electron chi connectivity index (χ1n) is 8.32. The van der Waals surface area contributed by atoms with E-state index in [0.717, 1.165) is 30.0 Å². The standard InChI is InChI=1S/C19H18N4O2/c24-18-5-3-11-23(18)16-8-6-14(7-9-16)19(25)20-12-15-13-22-10-2-1-4-17(22)21-15/h1-2,4,6-10,13H,3,5,11-12H2,(H,20,25). The number of imidazole rings is 1. The van der Waals surface area contributed by atoms with Crippen LogP contribution in [0.4, 0.5) is 5.69 Å². The van der Waals surface area contributed by atoms with Crippen molar-refractivity contribution < 1.29 is 9.59 Å². The van der Waals surface area contributed by atoms with Crippen molar-refractivity contribution in [1.29, 1.82) is 0 Å². The summed E-state index contributed by atoms with van der Waals surface area (Å²) >= 11 is 0. The number of anilines is 1. The Morgan fingerprint density at radius 1 is 1.16 bits per heavy atom. The number of hydrogen-bond acceptors (Lipinski definition) is 3. The average Bonchev–Trinajstić information content (AvgIpc) is 3.25. The lowest BCUT2D eigenvalue weighted by molar-refractivity contribution is -0.117. The summed E-state index contributed by atoms with van der Waals surface area (Å²) in [7, 11) is 0. The van der Waals surface area contributed by atoms with Crippen molar-refractivity contribution in [3.8, 4) is 0 Å². The number of nitrogens with one attached hydrogen (secondary N) is 1. The van der Waals surface area contributed by atoms with Crippen LogP contribution in [0.2, 0.25) is 0 Å². The molecule has 0 aliphatic carbocycles. The molecule has 0 spiro atoms. The molecule has 0 bridgehead atoms. The lowest BCUT2D eigenvalue weighted by atomic mass is 10.2. The third-order valence-electron chi connectivity index (χ3n) is 4.36. The van der Waals surface area contributed by atoms with E-state index in [2.05, 4.69) is 10.3 Å². The molecule has 1 fully saturated rings. The van der Waals surface area contributed by atoms with Gasteiger partial charge < -0.3 is 14.6 Å². The van der Waals surface area contributed by atoms with Gasteiger partial charge in [-0.25, -0.2) is 4.98 Å². The molecule has 0 unspecified atom stereocenters. The van der Waals surface area contributed by atoms with Crippen molar-refractivity contribution in [3.05, 3.63) is 66.1 Å². The summed E-state index contributed by atoms with van der Waals surface area (Å²) in [5, 5.41) is 2.88. The van der Waals surface area contributed by atoms with Gasteiger partial charge in [-0.05, 0) is 42.8 Å². The maximum absolute atomic E-state index is 12.3. The zero-order valence-electron chi connectivity index (χ0n) is 13.7. The quantitative estimate of drug-likeness (QED) is 0.797. The number of rotatable bonds is 4. The molecule has 0 atom stereocenters. The van der Waals surface area contributed by atoms with Crippen LogP contribution in [-0.4, -0.2) is 27.7 Å². The van der Waals surface area contributed by atoms with Gasteiger partial charge in [0.2, 0.25) is 5.91 Å². The largest absolute Gasteiger partial charge is 0.346 e. The monoisotopic (exact) mass is 334 g/mol. The Morgan fingerprint density at radius 2 is 2.00 bits per heavy atom. The number of fused-ring (bicyclic) bond motifs is 1. The lowest BCUT2D eigenvalue weighted by Crippen LogP contribution is -2.25. The van der Waals surface area contributed by atoms with Crippen LogP contribution in [0.3, 0.4) is 0 Å². The van der Waals surface area contributed by atoms with Crippen molar-refractivity contribution in [2.24, 2.45) is 0 Å². The van der Waals surface area contributed by atoms with Crippen molar-refractivity contribution >= 4 is 23.1 Å². The number of aromatic nitrogens is 2. The molecule has 1 saturated heterocycles. The summed E-state index contributed by atoms with van der Waals surface area (Å²) in [6.07, 6.45) is 5.31. The molecule has 6 heteroatoms. The molecule has 0 saturated carbocycles. The van der Waals surface area contributed by atoms with Gasteiger partial charge in [-0.3, -0.25) is 9.59 Å². The van der Waals surface area contributed by atoms with E-state index in [1.165, 1.54) is 0 Å². The number of pyridine rings is 1. The van der Waals surface area contributed by atoms with E-state index >= 15 is 0 Å². The molecular weight excluding hydrogens is 316 g/mol. The summed E-state index contributed by atoms with van der Waals surface area (Å²) in [5.41, 5.74) is 3.07. The number of nitrogens with zero attached hydrogens (tertiary/aromatic N) is 3. The Morgan fingerprint density at radius 3 is 2.72 bits per heavy atom. The zero-order chi connectivity index (χ0) is 17.2. The molecule has 4 rings (SSSR count). The van der Waals surface area contributed by atoms with E-state index in [1.807, 2.05) is 47.1 Å². The van der Waals surface area contributed by atoms with E-state index in [9.17, 15) is 9.59 Å². The highest BCUT2D eigenvalue weighted by Gasteiger charge is 2.21. The van der Waals surface area contributed by atoms with Gasteiger partial charge in [-0.1, -0.05) is 6.07 Å². The molecule has 6 nitrogen and oxygen atoms in total. The molecular formula is C19H18N4O2. The van der Waals surface area contributed by atoms with Crippen LogP contribution >= 0.6 is 0 Å². The van der Waals surface area contributed by atoms with Crippen molar-refractivity contribution in [3.63, 3.8) is 0 Å². The second kappa shape index (κ2) is 6.39. The van der Waals surface area contributed by atoms with Gasteiger partial charge in [0.25, 0.3) is 5.91 Å². The van der Waals surface area contributed by atoms with Crippen LogP contribution in [0.1, 0.15) is 28.9 Å². The SMILES string of the molecule is O=C(NCc1cn2ccccc2n1)c1ccc(N2CCCC2=O)cc1. The first-order chi connectivity index (χ1) is 12.2. The fourth-order valence-electron chi connectivity index (χ4n) is 3.06. The Labute approximate surface area is 145 Å². The van der Waals surface area contributed by atoms with Gasteiger partial charge in [0.1, 0.15) is 5.65 Å². The van der Waals surface area contributed by atoms with E-state index in [-0.39, 0.29) is 11.8 Å². The van der Waals surface area contributed by atoms with Crippen molar-refractivity contribution in [2.45, 2.75) is 19.4 Å². The minimum Gasteiger partial charge on any atom is -0.346 e. The van der Waals surface area contributed by atoms with E-state index in [0.29, 0.717) is 18.5 Å². The molecule has 0 radical (unpaired) electrons. The fourth-order valence-corrected chi connectivity index (χ4v) is 3.06. The van der Waals surface area contributed by atoms with E-state index < -0.39 is 0 Å². The maximum atomic E-state index is 12.3. The molecule has 1 aliphatic rings. The Kier molecular flexibility index (Phi) is 3.93. The van der Waals surface area contributed by atoms with Crippen molar-refractivity contribution in [2.75, 3.05) is 11.4 Å². The third kappa shape index (κ3) is 3.10. The number of carbonyl (C=O) groups excluding carboxylic acids is 2. The Hall–Kier alpha value is -3.15. The molecule has 2 amide bonds. The third-order valence-corrected chi connectivity index (χ3v) is 4.36. The minimum atomic E-state index is -0.156. The lowest BCUT2D eigenvalue weighted by Gasteiger charge is -2.15. The number of carbonyl (C=O) groups is 2. The molecule has 25 heavy (non-hydrogen) atoms. The van der Waals surface area contributed by atoms with E-state index in [4.69, 9.17) is 0 Å².